The number of hydrogen-bond acceptors (Lipinski definition) is 4. The second-order valence-corrected chi connectivity index (χ2v) is 7.99. The molecule has 0 atom stereocenters. The van der Waals surface area contributed by atoms with E-state index in [1.54, 1.807) is 53.6 Å². The summed E-state index contributed by atoms with van der Waals surface area (Å²) in [7, 11) is 0. The number of nitrogens with one attached hydrogen (secondary N) is 1. The van der Waals surface area contributed by atoms with Crippen LogP contribution in [0, 0.1) is 0 Å². The zero-order chi connectivity index (χ0) is 24.6. The van der Waals surface area contributed by atoms with Gasteiger partial charge in [-0.1, -0.05) is 23.7 Å². The van der Waals surface area contributed by atoms with Gasteiger partial charge < -0.3 is 5.32 Å². The highest BCUT2D eigenvalue weighted by molar-refractivity contribution is 6.31. The van der Waals surface area contributed by atoms with E-state index in [-0.39, 0.29) is 5.56 Å². The van der Waals surface area contributed by atoms with Gasteiger partial charge >= 0.3 is 6.18 Å². The Kier molecular flexibility index (Phi) is 5.70. The van der Waals surface area contributed by atoms with E-state index in [0.717, 1.165) is 34.5 Å². The molecule has 0 radical (unpaired) electrons. The standard InChI is InChI=1S/C25H15ClF3N5O/c26-21-5-4-17(13-20(21)25(27,28)29)24(35)33-18-3-1-2-16(12-18)22-8-11-31-23-19(14-32-34(22)23)15-6-9-30-10-7-15/h1-14H,(H,33,35). The van der Waals surface area contributed by atoms with E-state index in [9.17, 15) is 18.0 Å². The fraction of sp³-hybridized carbons (Fsp3) is 0.0400. The van der Waals surface area contributed by atoms with E-state index in [1.807, 2.05) is 18.2 Å². The lowest BCUT2D eigenvalue weighted by Gasteiger charge is -2.12. The lowest BCUT2D eigenvalue weighted by Crippen LogP contribution is -2.14. The summed E-state index contributed by atoms with van der Waals surface area (Å²) in [4.78, 5) is 21.2. The number of aromatic nitrogens is 4. The molecule has 1 N–H and O–H groups in total. The number of benzene rings is 2. The number of anilines is 1. The lowest BCUT2D eigenvalue weighted by atomic mass is 10.1. The minimum Gasteiger partial charge on any atom is -0.322 e. The number of pyridine rings is 1. The summed E-state index contributed by atoms with van der Waals surface area (Å²) in [5.74, 6) is -0.691. The third-order valence-corrected chi connectivity index (χ3v) is 5.67. The van der Waals surface area contributed by atoms with Crippen molar-refractivity contribution in [3.8, 4) is 22.4 Å². The summed E-state index contributed by atoms with van der Waals surface area (Å²) in [5, 5.41) is 6.65. The molecule has 0 bridgehead atoms. The molecule has 174 valence electrons. The van der Waals surface area contributed by atoms with Crippen molar-refractivity contribution < 1.29 is 18.0 Å². The predicted molar refractivity (Wildman–Crippen MR) is 126 cm³/mol. The van der Waals surface area contributed by atoms with Crippen LogP contribution in [0.3, 0.4) is 0 Å². The van der Waals surface area contributed by atoms with Gasteiger partial charge in [-0.05, 0) is 54.1 Å². The Morgan fingerprint density at radius 3 is 2.51 bits per heavy atom. The Hall–Kier alpha value is -4.24. The average Bonchev–Trinajstić information content (AvgIpc) is 3.28. The summed E-state index contributed by atoms with van der Waals surface area (Å²) in [6.07, 6.45) is 2.08. The van der Waals surface area contributed by atoms with E-state index in [0.29, 0.717) is 11.3 Å². The lowest BCUT2D eigenvalue weighted by molar-refractivity contribution is -0.137. The van der Waals surface area contributed by atoms with Gasteiger partial charge in [-0.15, -0.1) is 0 Å². The van der Waals surface area contributed by atoms with Gasteiger partial charge in [0.2, 0.25) is 0 Å². The minimum absolute atomic E-state index is 0.160. The molecular weight excluding hydrogens is 479 g/mol. The van der Waals surface area contributed by atoms with E-state index < -0.39 is 22.7 Å². The van der Waals surface area contributed by atoms with Gasteiger partial charge in [0.15, 0.2) is 5.65 Å². The van der Waals surface area contributed by atoms with Crippen LogP contribution in [0.4, 0.5) is 18.9 Å². The highest BCUT2D eigenvalue weighted by Gasteiger charge is 2.33. The molecule has 0 saturated heterocycles. The zero-order valence-electron chi connectivity index (χ0n) is 17.8. The van der Waals surface area contributed by atoms with Gasteiger partial charge in [-0.25, -0.2) is 9.50 Å². The van der Waals surface area contributed by atoms with Crippen LogP contribution in [0.2, 0.25) is 5.02 Å². The molecule has 0 saturated carbocycles. The summed E-state index contributed by atoms with van der Waals surface area (Å²) in [6.45, 7) is 0. The molecule has 0 unspecified atom stereocenters. The monoisotopic (exact) mass is 493 g/mol. The molecule has 5 rings (SSSR count). The van der Waals surface area contributed by atoms with Crippen molar-refractivity contribution in [3.63, 3.8) is 0 Å². The van der Waals surface area contributed by atoms with Crippen molar-refractivity contribution in [1.29, 1.82) is 0 Å². The minimum atomic E-state index is -4.67. The van der Waals surface area contributed by atoms with Crippen LogP contribution in [0.15, 0.2) is 85.5 Å². The normalized spacial score (nSPS) is 11.5. The van der Waals surface area contributed by atoms with E-state index in [4.69, 9.17) is 11.6 Å². The number of carbonyl (C=O) groups excluding carboxylic acids is 1. The number of hydrogen-bond donors (Lipinski definition) is 1. The third kappa shape index (κ3) is 4.45. The molecule has 0 aliphatic carbocycles. The van der Waals surface area contributed by atoms with E-state index >= 15 is 0 Å². The Morgan fingerprint density at radius 2 is 1.74 bits per heavy atom. The molecule has 0 fully saturated rings. The first kappa shape index (κ1) is 22.5. The maximum absolute atomic E-state index is 13.2. The Balaban J connectivity index is 1.46. The predicted octanol–water partition coefficient (Wildman–Crippen LogP) is 6.38. The van der Waals surface area contributed by atoms with Crippen LogP contribution in [0.25, 0.3) is 28.0 Å². The first-order valence-electron chi connectivity index (χ1n) is 10.3. The molecule has 1 amide bonds. The van der Waals surface area contributed by atoms with Crippen LogP contribution in [-0.4, -0.2) is 25.5 Å². The molecule has 35 heavy (non-hydrogen) atoms. The molecule has 3 heterocycles. The first-order chi connectivity index (χ1) is 16.8. The second-order valence-electron chi connectivity index (χ2n) is 7.59. The second kappa shape index (κ2) is 8.84. The van der Waals surface area contributed by atoms with Crippen LogP contribution in [0.5, 0.6) is 0 Å². The number of nitrogens with zero attached hydrogens (tertiary/aromatic N) is 4. The highest BCUT2D eigenvalue weighted by atomic mass is 35.5. The molecule has 0 spiro atoms. The van der Waals surface area contributed by atoms with Crippen molar-refractivity contribution in [2.24, 2.45) is 0 Å². The summed E-state index contributed by atoms with van der Waals surface area (Å²) < 4.78 is 41.2. The largest absolute Gasteiger partial charge is 0.417 e. The van der Waals surface area contributed by atoms with Crippen LogP contribution in [0.1, 0.15) is 15.9 Å². The number of halogens is 4. The maximum Gasteiger partial charge on any atom is 0.417 e. The Morgan fingerprint density at radius 1 is 0.943 bits per heavy atom. The molecule has 5 aromatic rings. The zero-order valence-corrected chi connectivity index (χ0v) is 18.5. The smallest absolute Gasteiger partial charge is 0.322 e. The Bertz CT molecular complexity index is 1550. The molecule has 10 heteroatoms. The molecule has 0 aliphatic heterocycles. The maximum atomic E-state index is 13.2. The highest BCUT2D eigenvalue weighted by Crippen LogP contribution is 2.35. The SMILES string of the molecule is O=C(Nc1cccc(-c2ccnc3c(-c4ccncc4)cnn23)c1)c1ccc(Cl)c(C(F)(F)F)c1. The fourth-order valence-corrected chi connectivity index (χ4v) is 3.91. The van der Waals surface area contributed by atoms with E-state index in [2.05, 4.69) is 20.4 Å². The van der Waals surface area contributed by atoms with Crippen molar-refractivity contribution in [1.82, 2.24) is 19.6 Å². The van der Waals surface area contributed by atoms with Gasteiger partial charge in [-0.3, -0.25) is 9.78 Å². The topological polar surface area (TPSA) is 72.2 Å². The van der Waals surface area contributed by atoms with Gasteiger partial charge in [0.1, 0.15) is 0 Å². The Labute approximate surface area is 202 Å². The molecule has 2 aromatic carbocycles. The average molecular weight is 494 g/mol. The number of amides is 1. The molecule has 6 nitrogen and oxygen atoms in total. The molecular formula is C25H15ClF3N5O. The number of fused-ring (bicyclic) bond motifs is 1. The van der Waals surface area contributed by atoms with Crippen molar-refractivity contribution >= 4 is 28.8 Å². The summed E-state index contributed by atoms with van der Waals surface area (Å²) in [6, 6.07) is 15.5. The number of carbonyl (C=O) groups is 1. The van der Waals surface area contributed by atoms with Gasteiger partial charge in [0.05, 0.1) is 22.5 Å². The number of rotatable bonds is 4. The van der Waals surface area contributed by atoms with E-state index in [1.165, 1.54) is 6.07 Å². The van der Waals surface area contributed by atoms with Gasteiger partial charge in [0, 0.05) is 41.0 Å². The quantitative estimate of drug-likeness (QED) is 0.315. The van der Waals surface area contributed by atoms with Crippen LogP contribution < -0.4 is 5.32 Å². The first-order valence-corrected chi connectivity index (χ1v) is 10.7. The third-order valence-electron chi connectivity index (χ3n) is 5.34. The fourth-order valence-electron chi connectivity index (χ4n) is 3.69. The van der Waals surface area contributed by atoms with Crippen molar-refractivity contribution in [2.75, 3.05) is 5.32 Å². The summed E-state index contributed by atoms with van der Waals surface area (Å²) >= 11 is 5.65. The van der Waals surface area contributed by atoms with Crippen molar-refractivity contribution in [2.45, 2.75) is 6.18 Å². The molecule has 0 aliphatic rings. The number of alkyl halides is 3. The summed E-state index contributed by atoms with van der Waals surface area (Å²) in [5.41, 5.74) is 3.02. The van der Waals surface area contributed by atoms with Crippen molar-refractivity contribution in [3.05, 3.63) is 102 Å². The van der Waals surface area contributed by atoms with Gasteiger partial charge in [-0.2, -0.15) is 18.3 Å². The van der Waals surface area contributed by atoms with Crippen LogP contribution in [-0.2, 0) is 6.18 Å². The van der Waals surface area contributed by atoms with Crippen LogP contribution >= 0.6 is 11.6 Å². The van der Waals surface area contributed by atoms with Gasteiger partial charge in [0.25, 0.3) is 5.91 Å². The molecule has 3 aromatic heterocycles.